The Kier molecular flexibility index (Phi) is 9.88. The molecule has 0 heterocycles. The van der Waals surface area contributed by atoms with Gasteiger partial charge in [0.25, 0.3) is 0 Å². The third-order valence-electron chi connectivity index (χ3n) is 4.22. The van der Waals surface area contributed by atoms with Crippen LogP contribution < -0.4 is 20.1 Å². The van der Waals surface area contributed by atoms with E-state index < -0.39 is 0 Å². The molecule has 0 aromatic heterocycles. The first-order valence-corrected chi connectivity index (χ1v) is 9.30. The van der Waals surface area contributed by atoms with Crippen molar-refractivity contribution in [3.8, 4) is 11.5 Å². The van der Waals surface area contributed by atoms with Crippen LogP contribution >= 0.6 is 0 Å². The number of rotatable bonds is 10. The second kappa shape index (κ2) is 11.6. The van der Waals surface area contributed by atoms with Gasteiger partial charge < -0.3 is 25.0 Å². The summed E-state index contributed by atoms with van der Waals surface area (Å²) in [7, 11) is 7.57. The Morgan fingerprint density at radius 2 is 1.88 bits per heavy atom. The number of hydrogen-bond donors (Lipinski definition) is 2. The van der Waals surface area contributed by atoms with E-state index in [2.05, 4.69) is 50.4 Å². The Balaban J connectivity index is 2.79. The Hall–Kier alpha value is -1.95. The minimum Gasteiger partial charge on any atom is -0.497 e. The molecule has 2 N–H and O–H groups in total. The number of likely N-dealkylation sites (N-methyl/N-ethyl adjacent to an activating group) is 1. The van der Waals surface area contributed by atoms with E-state index in [0.29, 0.717) is 18.5 Å². The molecule has 0 bridgehead atoms. The van der Waals surface area contributed by atoms with Gasteiger partial charge in [0.2, 0.25) is 0 Å². The summed E-state index contributed by atoms with van der Waals surface area (Å²) in [5.74, 6) is 3.05. The molecule has 1 aromatic carbocycles. The maximum absolute atomic E-state index is 5.46. The molecule has 6 nitrogen and oxygen atoms in total. The van der Waals surface area contributed by atoms with Gasteiger partial charge in [-0.25, -0.2) is 4.99 Å². The predicted molar refractivity (Wildman–Crippen MR) is 109 cm³/mol. The molecule has 0 aliphatic rings. The van der Waals surface area contributed by atoms with E-state index in [4.69, 9.17) is 14.5 Å². The molecule has 26 heavy (non-hydrogen) atoms. The van der Waals surface area contributed by atoms with Crippen molar-refractivity contribution in [2.75, 3.05) is 41.4 Å². The first-order valence-electron chi connectivity index (χ1n) is 9.30. The Morgan fingerprint density at radius 1 is 1.15 bits per heavy atom. The summed E-state index contributed by atoms with van der Waals surface area (Å²) in [6.07, 6.45) is 1.14. The summed E-state index contributed by atoms with van der Waals surface area (Å²) in [6.45, 7) is 8.80. The van der Waals surface area contributed by atoms with Crippen LogP contribution in [-0.4, -0.2) is 58.3 Å². The summed E-state index contributed by atoms with van der Waals surface area (Å²) in [5.41, 5.74) is 1.02. The lowest BCUT2D eigenvalue weighted by Gasteiger charge is -2.27. The molecule has 0 aliphatic heterocycles. The fraction of sp³-hybridized carbons (Fsp3) is 0.650. The molecule has 0 saturated carbocycles. The van der Waals surface area contributed by atoms with Crippen molar-refractivity contribution in [2.24, 2.45) is 10.9 Å². The van der Waals surface area contributed by atoms with Gasteiger partial charge >= 0.3 is 0 Å². The van der Waals surface area contributed by atoms with Crippen LogP contribution in [0.4, 0.5) is 0 Å². The molecule has 6 heteroatoms. The second-order valence-electron chi connectivity index (χ2n) is 7.00. The monoisotopic (exact) mass is 364 g/mol. The van der Waals surface area contributed by atoms with Gasteiger partial charge in [0, 0.05) is 30.8 Å². The van der Waals surface area contributed by atoms with Crippen LogP contribution in [-0.2, 0) is 6.54 Å². The summed E-state index contributed by atoms with van der Waals surface area (Å²) >= 11 is 0. The molecule has 1 aromatic rings. The van der Waals surface area contributed by atoms with Crippen LogP contribution in [0.25, 0.3) is 0 Å². The molecule has 148 valence electrons. The van der Waals surface area contributed by atoms with Gasteiger partial charge in [-0.15, -0.1) is 0 Å². The van der Waals surface area contributed by atoms with Crippen LogP contribution in [0.15, 0.2) is 23.2 Å². The Bertz CT molecular complexity index is 559. The van der Waals surface area contributed by atoms with E-state index in [9.17, 15) is 0 Å². The molecule has 0 aliphatic carbocycles. The summed E-state index contributed by atoms with van der Waals surface area (Å²) in [6, 6.07) is 6.27. The summed E-state index contributed by atoms with van der Waals surface area (Å²) in [4.78, 5) is 6.98. The first kappa shape index (κ1) is 22.1. The van der Waals surface area contributed by atoms with Crippen molar-refractivity contribution >= 4 is 5.96 Å². The molecule has 0 amide bonds. The van der Waals surface area contributed by atoms with Gasteiger partial charge in [-0.05, 0) is 45.5 Å². The summed E-state index contributed by atoms with van der Waals surface area (Å²) < 4.78 is 10.7. The van der Waals surface area contributed by atoms with Gasteiger partial charge in [-0.1, -0.05) is 13.8 Å². The normalized spacial score (nSPS) is 13.0. The Labute approximate surface area is 159 Å². The zero-order valence-corrected chi connectivity index (χ0v) is 17.4. The van der Waals surface area contributed by atoms with Gasteiger partial charge in [0.05, 0.1) is 20.8 Å². The van der Waals surface area contributed by atoms with Crippen molar-refractivity contribution in [3.63, 3.8) is 0 Å². The van der Waals surface area contributed by atoms with Gasteiger partial charge in [0.1, 0.15) is 11.5 Å². The average Bonchev–Trinajstić information content (AvgIpc) is 2.62. The number of guanidine groups is 1. The van der Waals surface area contributed by atoms with E-state index in [1.54, 1.807) is 14.2 Å². The van der Waals surface area contributed by atoms with Gasteiger partial charge in [-0.3, -0.25) is 0 Å². The van der Waals surface area contributed by atoms with Crippen molar-refractivity contribution < 1.29 is 9.47 Å². The Morgan fingerprint density at radius 3 is 2.42 bits per heavy atom. The first-order chi connectivity index (χ1) is 12.4. The lowest BCUT2D eigenvalue weighted by Crippen LogP contribution is -2.45. The fourth-order valence-electron chi connectivity index (χ4n) is 2.72. The second-order valence-corrected chi connectivity index (χ2v) is 7.00. The van der Waals surface area contributed by atoms with E-state index in [-0.39, 0.29) is 0 Å². The van der Waals surface area contributed by atoms with Crippen LogP contribution in [0.1, 0.15) is 32.8 Å². The smallest absolute Gasteiger partial charge is 0.191 e. The maximum Gasteiger partial charge on any atom is 0.191 e. The SMILES string of the molecule is CCNC(=NCc1ccc(OC)cc1OC)NCC(CC(C)C)N(C)C. The zero-order valence-electron chi connectivity index (χ0n) is 17.4. The molecular formula is C20H36N4O2. The van der Waals surface area contributed by atoms with Crippen molar-refractivity contribution in [2.45, 2.75) is 39.8 Å². The number of methoxy groups -OCH3 is 2. The number of ether oxygens (including phenoxy) is 2. The third-order valence-corrected chi connectivity index (χ3v) is 4.22. The number of nitrogens with one attached hydrogen (secondary N) is 2. The van der Waals surface area contributed by atoms with Crippen LogP contribution in [0.3, 0.4) is 0 Å². The zero-order chi connectivity index (χ0) is 19.5. The molecular weight excluding hydrogens is 328 g/mol. The minimum atomic E-state index is 0.467. The highest BCUT2D eigenvalue weighted by Crippen LogP contribution is 2.25. The maximum atomic E-state index is 5.46. The van der Waals surface area contributed by atoms with Crippen molar-refractivity contribution in [1.82, 2.24) is 15.5 Å². The van der Waals surface area contributed by atoms with E-state index in [1.165, 1.54) is 0 Å². The van der Waals surface area contributed by atoms with Crippen molar-refractivity contribution in [3.05, 3.63) is 23.8 Å². The van der Waals surface area contributed by atoms with Gasteiger partial charge in [0.15, 0.2) is 5.96 Å². The highest BCUT2D eigenvalue weighted by molar-refractivity contribution is 5.79. The van der Waals surface area contributed by atoms with Crippen molar-refractivity contribution in [1.29, 1.82) is 0 Å². The molecule has 0 fully saturated rings. The molecule has 0 saturated heterocycles. The summed E-state index contributed by atoms with van der Waals surface area (Å²) in [5, 5.41) is 6.78. The van der Waals surface area contributed by atoms with Crippen LogP contribution in [0.5, 0.6) is 11.5 Å². The lowest BCUT2D eigenvalue weighted by atomic mass is 10.0. The predicted octanol–water partition coefficient (Wildman–Crippen LogP) is 2.74. The highest BCUT2D eigenvalue weighted by atomic mass is 16.5. The van der Waals surface area contributed by atoms with Gasteiger partial charge in [-0.2, -0.15) is 0 Å². The van der Waals surface area contributed by atoms with E-state index >= 15 is 0 Å². The quantitative estimate of drug-likeness (QED) is 0.494. The number of hydrogen-bond acceptors (Lipinski definition) is 4. The molecule has 0 spiro atoms. The largest absolute Gasteiger partial charge is 0.497 e. The fourth-order valence-corrected chi connectivity index (χ4v) is 2.72. The average molecular weight is 365 g/mol. The molecule has 1 unspecified atom stereocenters. The number of benzene rings is 1. The lowest BCUT2D eigenvalue weighted by molar-refractivity contribution is 0.254. The number of nitrogens with zero attached hydrogens (tertiary/aromatic N) is 2. The molecule has 1 atom stereocenters. The van der Waals surface area contributed by atoms with Crippen LogP contribution in [0.2, 0.25) is 0 Å². The van der Waals surface area contributed by atoms with E-state index in [1.807, 2.05) is 18.2 Å². The molecule has 0 radical (unpaired) electrons. The van der Waals surface area contributed by atoms with E-state index in [0.717, 1.165) is 42.5 Å². The molecule has 1 rings (SSSR count). The van der Waals surface area contributed by atoms with Crippen LogP contribution in [0, 0.1) is 5.92 Å². The number of aliphatic imine (C=N–C) groups is 1. The topological polar surface area (TPSA) is 58.1 Å². The standard InChI is InChI=1S/C20H36N4O2/c1-8-21-20(23-14-17(24(4)5)11-15(2)3)22-13-16-9-10-18(25-6)12-19(16)26-7/h9-10,12,15,17H,8,11,13-14H2,1-7H3,(H2,21,22,23). The minimum absolute atomic E-state index is 0.467. The highest BCUT2D eigenvalue weighted by Gasteiger charge is 2.14. The third kappa shape index (κ3) is 7.52.